The minimum absolute atomic E-state index is 0.325. The normalized spacial score (nSPS) is 11.1. The third-order valence-corrected chi connectivity index (χ3v) is 6.40. The lowest BCUT2D eigenvalue weighted by Gasteiger charge is -2.31. The van der Waals surface area contributed by atoms with E-state index in [1.807, 2.05) is 55.5 Å². The van der Waals surface area contributed by atoms with Gasteiger partial charge in [0.25, 0.3) is 0 Å². The fraction of sp³-hybridized carbons (Fsp3) is 0.200. The van der Waals surface area contributed by atoms with Gasteiger partial charge in [0, 0.05) is 16.5 Å². The minimum atomic E-state index is -2.45. The van der Waals surface area contributed by atoms with Crippen molar-refractivity contribution in [1.82, 2.24) is 0 Å². The first-order valence-corrected chi connectivity index (χ1v) is 13.5. The number of hydrogen-bond acceptors (Lipinski definition) is 3. The molecule has 4 nitrogen and oxygen atoms in total. The molecule has 5 rings (SSSR count). The molecule has 0 fully saturated rings. The summed E-state index contributed by atoms with van der Waals surface area (Å²) in [5.74, 6) is 0.325. The minimum Gasteiger partial charge on any atom is -0.860 e. The quantitative estimate of drug-likeness (QED) is 0.202. The lowest BCUT2D eigenvalue weighted by atomic mass is 9.82. The number of rotatable bonds is 5. The first-order valence-electron chi connectivity index (χ1n) is 13.5. The molecule has 0 saturated heterocycles. The highest BCUT2D eigenvalue weighted by Crippen LogP contribution is 2.50. The number of benzene rings is 5. The summed E-state index contributed by atoms with van der Waals surface area (Å²) in [5.41, 5.74) is 9.12. The summed E-state index contributed by atoms with van der Waals surface area (Å²) in [7, 11) is 6.05. The Morgan fingerprint density at radius 3 is 1.25 bits per heavy atom. The van der Waals surface area contributed by atoms with Gasteiger partial charge in [-0.25, -0.2) is 0 Å². The van der Waals surface area contributed by atoms with Gasteiger partial charge >= 0.3 is 0 Å². The smallest absolute Gasteiger partial charge is 0.133 e. The van der Waals surface area contributed by atoms with Gasteiger partial charge in [-0.2, -0.15) is 0 Å². The van der Waals surface area contributed by atoms with Crippen LogP contribution in [0.4, 0.5) is 0 Å². The van der Waals surface area contributed by atoms with E-state index in [1.54, 1.807) is 0 Å². The second-order valence-corrected chi connectivity index (χ2v) is 11.7. The zero-order valence-corrected chi connectivity index (χ0v) is 24.5. The Bertz CT molecular complexity index is 1580. The van der Waals surface area contributed by atoms with Gasteiger partial charge in [-0.1, -0.05) is 114 Å². The van der Waals surface area contributed by atoms with Crippen molar-refractivity contribution < 1.29 is 19.2 Å². The SMILES string of the molecule is C[N+](C)(C)C.Cc1ccc(-c2c(-c3ccc(C)cc3)c(-c3ccc(C)cc3)c3ccccc3c2OB([O-])[O-])cc1. The predicted octanol–water partition coefficient (Wildman–Crippen LogP) is 6.17. The molecule has 0 N–H and O–H groups in total. The molecule has 0 amide bonds. The van der Waals surface area contributed by atoms with E-state index in [1.165, 1.54) is 5.56 Å². The standard InChI is InChI=1S/C31H25BO3.C4H12N/c1-20-8-14-23(15-9-20)28-26-6-4-5-7-27(26)31(35-32(33)34)30(25-18-12-22(3)13-19-25)29(28)24-16-10-21(2)11-17-24;1-5(2,3)4/h4-19H,1-3H3;1-4H3/q-2;+1. The summed E-state index contributed by atoms with van der Waals surface area (Å²) in [6, 6.07) is 32.7. The largest absolute Gasteiger partial charge is 0.860 e. The Kier molecular flexibility index (Phi) is 8.80. The second kappa shape index (κ2) is 12.1. The molecule has 0 bridgehead atoms. The number of nitrogens with zero attached hydrogens (tertiary/aromatic N) is 1. The van der Waals surface area contributed by atoms with Gasteiger partial charge in [0.15, 0.2) is 0 Å². The van der Waals surface area contributed by atoms with Gasteiger partial charge in [0.05, 0.1) is 28.2 Å². The first kappa shape index (κ1) is 29.1. The molecule has 0 heterocycles. The monoisotopic (exact) mass is 530 g/mol. The van der Waals surface area contributed by atoms with E-state index in [0.717, 1.165) is 59.8 Å². The zero-order chi connectivity index (χ0) is 29.0. The Labute approximate surface area is 238 Å². The summed E-state index contributed by atoms with van der Waals surface area (Å²) in [6.45, 7) is 6.16. The zero-order valence-electron chi connectivity index (χ0n) is 24.5. The molecular formula is C35H37BNO3-. The molecule has 0 aliphatic heterocycles. The molecule has 0 aromatic heterocycles. The van der Waals surface area contributed by atoms with E-state index in [2.05, 4.69) is 90.6 Å². The van der Waals surface area contributed by atoms with Crippen molar-refractivity contribution in [2.24, 2.45) is 0 Å². The number of hydrogen-bond donors (Lipinski definition) is 0. The van der Waals surface area contributed by atoms with E-state index in [9.17, 15) is 10.0 Å². The molecule has 204 valence electrons. The summed E-state index contributed by atoms with van der Waals surface area (Å²) in [6.07, 6.45) is 0. The Hall–Kier alpha value is -3.90. The van der Waals surface area contributed by atoms with Crippen LogP contribution in [0.3, 0.4) is 0 Å². The number of quaternary nitrogens is 1. The predicted molar refractivity (Wildman–Crippen MR) is 165 cm³/mol. The number of aryl methyl sites for hydroxylation is 3. The summed E-state index contributed by atoms with van der Waals surface area (Å²) in [5, 5.41) is 25.4. The Balaban J connectivity index is 0.000000681. The van der Waals surface area contributed by atoms with Crippen molar-refractivity contribution >= 4 is 18.1 Å². The first-order chi connectivity index (χ1) is 18.9. The Morgan fingerprint density at radius 2 is 0.850 bits per heavy atom. The molecule has 0 aliphatic rings. The van der Waals surface area contributed by atoms with E-state index in [0.29, 0.717) is 5.75 Å². The van der Waals surface area contributed by atoms with Crippen LogP contribution in [0, 0.1) is 20.8 Å². The van der Waals surface area contributed by atoms with Crippen LogP contribution in [0.2, 0.25) is 0 Å². The van der Waals surface area contributed by atoms with Crippen LogP contribution in [0.15, 0.2) is 97.1 Å². The van der Waals surface area contributed by atoms with E-state index >= 15 is 0 Å². The van der Waals surface area contributed by atoms with Gasteiger partial charge in [0.1, 0.15) is 13.1 Å². The molecule has 0 spiro atoms. The summed E-state index contributed by atoms with van der Waals surface area (Å²) in [4.78, 5) is 0. The average molecular weight is 530 g/mol. The van der Waals surface area contributed by atoms with Gasteiger partial charge in [0.2, 0.25) is 0 Å². The van der Waals surface area contributed by atoms with E-state index in [4.69, 9.17) is 4.65 Å². The van der Waals surface area contributed by atoms with Crippen molar-refractivity contribution in [3.05, 3.63) is 114 Å². The summed E-state index contributed by atoms with van der Waals surface area (Å²) < 4.78 is 6.53. The van der Waals surface area contributed by atoms with Gasteiger partial charge < -0.3 is 19.2 Å². The second-order valence-electron chi connectivity index (χ2n) is 11.7. The number of fused-ring (bicyclic) bond motifs is 1. The molecule has 5 aromatic carbocycles. The van der Waals surface area contributed by atoms with Crippen LogP contribution in [0.25, 0.3) is 44.2 Å². The van der Waals surface area contributed by atoms with E-state index < -0.39 is 7.32 Å². The van der Waals surface area contributed by atoms with E-state index in [-0.39, 0.29) is 0 Å². The van der Waals surface area contributed by atoms with Crippen molar-refractivity contribution in [1.29, 1.82) is 0 Å². The molecule has 0 aliphatic carbocycles. The third kappa shape index (κ3) is 6.99. The molecule has 0 radical (unpaired) electrons. The highest BCUT2D eigenvalue weighted by molar-refractivity contribution is 6.31. The third-order valence-electron chi connectivity index (χ3n) is 6.40. The van der Waals surface area contributed by atoms with Crippen LogP contribution < -0.4 is 14.7 Å². The van der Waals surface area contributed by atoms with Crippen molar-refractivity contribution in [2.75, 3.05) is 28.2 Å². The van der Waals surface area contributed by atoms with Crippen LogP contribution in [-0.2, 0) is 0 Å². The maximum Gasteiger partial charge on any atom is 0.133 e. The van der Waals surface area contributed by atoms with Gasteiger partial charge in [-0.3, -0.25) is 0 Å². The van der Waals surface area contributed by atoms with Gasteiger partial charge in [-0.15, -0.1) is 0 Å². The molecule has 0 atom stereocenters. The highest BCUT2D eigenvalue weighted by atomic mass is 16.6. The topological polar surface area (TPSA) is 55.3 Å². The lowest BCUT2D eigenvalue weighted by molar-refractivity contribution is -0.849. The average Bonchev–Trinajstić information content (AvgIpc) is 2.89. The van der Waals surface area contributed by atoms with Crippen molar-refractivity contribution in [3.8, 4) is 39.1 Å². The van der Waals surface area contributed by atoms with Crippen LogP contribution in [0.1, 0.15) is 16.7 Å². The molecule has 0 saturated carbocycles. The van der Waals surface area contributed by atoms with Crippen molar-refractivity contribution in [3.63, 3.8) is 0 Å². The molecule has 5 heteroatoms. The fourth-order valence-electron chi connectivity index (χ4n) is 4.65. The maximum absolute atomic E-state index is 11.9. The Morgan fingerprint density at radius 1 is 0.500 bits per heavy atom. The molecular weight excluding hydrogens is 493 g/mol. The van der Waals surface area contributed by atoms with Crippen LogP contribution in [-0.4, -0.2) is 40.0 Å². The van der Waals surface area contributed by atoms with Gasteiger partial charge in [-0.05, 0) is 48.4 Å². The fourth-order valence-corrected chi connectivity index (χ4v) is 4.65. The molecule has 0 unspecified atom stereocenters. The molecule has 5 aromatic rings. The van der Waals surface area contributed by atoms with Crippen molar-refractivity contribution in [2.45, 2.75) is 20.8 Å². The lowest BCUT2D eigenvalue weighted by Crippen LogP contribution is -2.50. The maximum atomic E-state index is 11.9. The molecule has 40 heavy (non-hydrogen) atoms. The summed E-state index contributed by atoms with van der Waals surface area (Å²) >= 11 is 0. The van der Waals surface area contributed by atoms with Crippen LogP contribution in [0.5, 0.6) is 5.75 Å². The highest BCUT2D eigenvalue weighted by Gasteiger charge is 2.23. The van der Waals surface area contributed by atoms with Crippen LogP contribution >= 0.6 is 0 Å².